The van der Waals surface area contributed by atoms with Crippen molar-refractivity contribution in [1.82, 2.24) is 10.2 Å². The van der Waals surface area contributed by atoms with Gasteiger partial charge < -0.3 is 5.32 Å². The van der Waals surface area contributed by atoms with E-state index in [2.05, 4.69) is 55.4 Å². The van der Waals surface area contributed by atoms with Crippen LogP contribution in [-0.2, 0) is 6.42 Å². The molecule has 88 valence electrons. The summed E-state index contributed by atoms with van der Waals surface area (Å²) in [5.41, 5.74) is 2.84. The van der Waals surface area contributed by atoms with E-state index in [0.29, 0.717) is 12.1 Å². The molecule has 0 radical (unpaired) electrons. The maximum absolute atomic E-state index is 3.33. The smallest absolute Gasteiger partial charge is 0.0348 e. The Labute approximate surface area is 98.7 Å². The minimum atomic E-state index is 0.512. The summed E-state index contributed by atoms with van der Waals surface area (Å²) in [7, 11) is 2.23. The van der Waals surface area contributed by atoms with Gasteiger partial charge >= 0.3 is 0 Å². The molecule has 0 aliphatic carbocycles. The van der Waals surface area contributed by atoms with Crippen LogP contribution in [0.25, 0.3) is 0 Å². The van der Waals surface area contributed by atoms with E-state index >= 15 is 0 Å². The van der Waals surface area contributed by atoms with Crippen LogP contribution in [0.2, 0.25) is 0 Å². The van der Waals surface area contributed by atoms with E-state index in [1.165, 1.54) is 11.1 Å². The van der Waals surface area contributed by atoms with Crippen LogP contribution >= 0.6 is 0 Å². The molecule has 2 rings (SSSR count). The number of benzene rings is 1. The summed E-state index contributed by atoms with van der Waals surface area (Å²) >= 11 is 0. The summed E-state index contributed by atoms with van der Waals surface area (Å²) in [6, 6.07) is 10.3. The summed E-state index contributed by atoms with van der Waals surface area (Å²) in [6.45, 7) is 6.76. The Morgan fingerprint density at radius 1 is 1.31 bits per heavy atom. The van der Waals surface area contributed by atoms with Gasteiger partial charge in [0.05, 0.1) is 0 Å². The number of hydrogen-bond acceptors (Lipinski definition) is 2. The molecule has 1 saturated heterocycles. The lowest BCUT2D eigenvalue weighted by Gasteiger charge is -2.39. The van der Waals surface area contributed by atoms with E-state index in [0.717, 1.165) is 19.5 Å². The first kappa shape index (κ1) is 11.6. The van der Waals surface area contributed by atoms with Crippen LogP contribution in [-0.4, -0.2) is 31.1 Å². The van der Waals surface area contributed by atoms with Gasteiger partial charge in [-0.25, -0.2) is 0 Å². The fraction of sp³-hybridized carbons (Fsp3) is 0.571. The predicted octanol–water partition coefficient (Wildman–Crippen LogP) is 2.21. The maximum atomic E-state index is 3.33. The number of likely N-dealkylation sites (N-methyl/N-ethyl adjacent to an activating group) is 1. The van der Waals surface area contributed by atoms with Crippen LogP contribution in [0.15, 0.2) is 24.3 Å². The summed E-state index contributed by atoms with van der Waals surface area (Å²) in [4.78, 5) is 2.47. The van der Waals surface area contributed by atoms with E-state index in [9.17, 15) is 0 Å². The minimum Gasteiger partial charge on any atom is -0.314 e. The Morgan fingerprint density at radius 2 is 1.94 bits per heavy atom. The average molecular weight is 218 g/mol. The van der Waals surface area contributed by atoms with E-state index in [4.69, 9.17) is 0 Å². The van der Waals surface area contributed by atoms with E-state index < -0.39 is 0 Å². The van der Waals surface area contributed by atoms with Crippen LogP contribution in [0, 0.1) is 0 Å². The fourth-order valence-electron chi connectivity index (χ4n) is 2.14. The van der Waals surface area contributed by atoms with Gasteiger partial charge in [0.2, 0.25) is 0 Å². The second-order valence-electron chi connectivity index (χ2n) is 4.75. The maximum Gasteiger partial charge on any atom is 0.0348 e. The number of aryl methyl sites for hydroxylation is 1. The van der Waals surface area contributed by atoms with Crippen LogP contribution in [0.3, 0.4) is 0 Å². The number of hydrogen-bond donors (Lipinski definition) is 1. The number of nitrogens with one attached hydrogen (secondary N) is 1. The second kappa shape index (κ2) is 4.98. The first-order chi connectivity index (χ1) is 7.72. The van der Waals surface area contributed by atoms with E-state index in [1.54, 1.807) is 0 Å². The molecule has 0 aromatic heterocycles. The molecule has 1 heterocycles. The highest BCUT2D eigenvalue weighted by molar-refractivity contribution is 5.24. The third-order valence-corrected chi connectivity index (χ3v) is 3.82. The summed E-state index contributed by atoms with van der Waals surface area (Å²) < 4.78 is 0. The molecule has 1 aliphatic heterocycles. The molecule has 1 aromatic rings. The van der Waals surface area contributed by atoms with Crippen molar-refractivity contribution in [3.8, 4) is 0 Å². The molecule has 2 nitrogen and oxygen atoms in total. The topological polar surface area (TPSA) is 15.3 Å². The minimum absolute atomic E-state index is 0.512. The molecule has 1 aliphatic rings. The number of nitrogens with zero attached hydrogens (tertiary/aromatic N) is 1. The van der Waals surface area contributed by atoms with Crippen LogP contribution in [0.1, 0.15) is 31.0 Å². The highest BCUT2D eigenvalue weighted by Gasteiger charge is 2.25. The molecule has 2 heteroatoms. The third-order valence-electron chi connectivity index (χ3n) is 3.82. The second-order valence-corrected chi connectivity index (χ2v) is 4.75. The van der Waals surface area contributed by atoms with E-state index in [-0.39, 0.29) is 0 Å². The van der Waals surface area contributed by atoms with Gasteiger partial charge in [-0.15, -0.1) is 0 Å². The van der Waals surface area contributed by atoms with Crippen LogP contribution in [0.4, 0.5) is 0 Å². The average Bonchev–Trinajstić information content (AvgIpc) is 2.26. The molecule has 1 unspecified atom stereocenters. The van der Waals surface area contributed by atoms with Crippen LogP contribution < -0.4 is 5.32 Å². The van der Waals surface area contributed by atoms with Gasteiger partial charge in [0.1, 0.15) is 0 Å². The highest BCUT2D eigenvalue weighted by atomic mass is 15.2. The first-order valence-electron chi connectivity index (χ1n) is 6.24. The Balaban J connectivity index is 2.04. The largest absolute Gasteiger partial charge is 0.314 e. The lowest BCUT2D eigenvalue weighted by Crippen LogP contribution is -2.56. The summed E-state index contributed by atoms with van der Waals surface area (Å²) in [5.74, 6) is 0. The van der Waals surface area contributed by atoms with Crippen molar-refractivity contribution in [3.05, 3.63) is 35.4 Å². The zero-order valence-corrected chi connectivity index (χ0v) is 10.5. The van der Waals surface area contributed by atoms with Crippen molar-refractivity contribution in [2.75, 3.05) is 20.1 Å². The monoisotopic (exact) mass is 218 g/mol. The molecule has 1 atom stereocenters. The van der Waals surface area contributed by atoms with Gasteiger partial charge in [-0.3, -0.25) is 4.90 Å². The van der Waals surface area contributed by atoms with Crippen molar-refractivity contribution in [3.63, 3.8) is 0 Å². The van der Waals surface area contributed by atoms with Crippen molar-refractivity contribution in [2.24, 2.45) is 0 Å². The van der Waals surface area contributed by atoms with Gasteiger partial charge in [0.25, 0.3) is 0 Å². The quantitative estimate of drug-likeness (QED) is 0.833. The Kier molecular flexibility index (Phi) is 3.62. The molecular weight excluding hydrogens is 196 g/mol. The van der Waals surface area contributed by atoms with Crippen molar-refractivity contribution < 1.29 is 0 Å². The zero-order chi connectivity index (χ0) is 11.5. The number of rotatable bonds is 4. The van der Waals surface area contributed by atoms with Gasteiger partial charge in [0, 0.05) is 25.2 Å². The standard InChI is InChI=1S/C14H22N2/c1-4-12-5-7-13(8-6-12)11(2)16(3)14-9-15-10-14/h5-8,11,14-15H,4,9-10H2,1-3H3. The van der Waals surface area contributed by atoms with Crippen LogP contribution in [0.5, 0.6) is 0 Å². The fourth-order valence-corrected chi connectivity index (χ4v) is 2.14. The lowest BCUT2D eigenvalue weighted by atomic mass is 10.0. The third kappa shape index (κ3) is 2.28. The molecule has 0 spiro atoms. The van der Waals surface area contributed by atoms with Gasteiger partial charge in [0.15, 0.2) is 0 Å². The van der Waals surface area contributed by atoms with Crippen molar-refractivity contribution in [1.29, 1.82) is 0 Å². The Morgan fingerprint density at radius 3 is 2.38 bits per heavy atom. The Hall–Kier alpha value is -0.860. The SMILES string of the molecule is CCc1ccc(C(C)N(C)C2CNC2)cc1. The lowest BCUT2D eigenvalue weighted by molar-refractivity contribution is 0.136. The van der Waals surface area contributed by atoms with Gasteiger partial charge in [-0.2, -0.15) is 0 Å². The molecule has 0 amide bonds. The molecule has 1 fully saturated rings. The molecule has 16 heavy (non-hydrogen) atoms. The molecule has 1 N–H and O–H groups in total. The highest BCUT2D eigenvalue weighted by Crippen LogP contribution is 2.22. The van der Waals surface area contributed by atoms with E-state index in [1.807, 2.05) is 0 Å². The molecule has 0 saturated carbocycles. The molecular formula is C14H22N2. The van der Waals surface area contributed by atoms with Gasteiger partial charge in [-0.05, 0) is 31.5 Å². The zero-order valence-electron chi connectivity index (χ0n) is 10.5. The molecule has 1 aromatic carbocycles. The predicted molar refractivity (Wildman–Crippen MR) is 68.7 cm³/mol. The first-order valence-corrected chi connectivity index (χ1v) is 6.24. The Bertz CT molecular complexity index is 327. The van der Waals surface area contributed by atoms with Crippen molar-refractivity contribution in [2.45, 2.75) is 32.4 Å². The van der Waals surface area contributed by atoms with Crippen molar-refractivity contribution >= 4 is 0 Å². The normalized spacial score (nSPS) is 18.5. The summed E-state index contributed by atoms with van der Waals surface area (Å²) in [6.07, 6.45) is 1.12. The summed E-state index contributed by atoms with van der Waals surface area (Å²) in [5, 5.41) is 3.33. The van der Waals surface area contributed by atoms with Gasteiger partial charge in [-0.1, -0.05) is 31.2 Å². The molecule has 0 bridgehead atoms.